The highest BCUT2D eigenvalue weighted by atomic mass is 32.1. The predicted octanol–water partition coefficient (Wildman–Crippen LogP) is 4.18. The Morgan fingerprint density at radius 2 is 1.85 bits per heavy atom. The molecule has 6 heteroatoms. The smallest absolute Gasteiger partial charge is 0.259 e. The molecule has 2 heterocycles. The Kier molecular flexibility index (Phi) is 4.33. The molecule has 0 bridgehead atoms. The minimum Gasteiger partial charge on any atom is -0.300 e. The zero-order chi connectivity index (χ0) is 19.0. The molecule has 0 saturated heterocycles. The van der Waals surface area contributed by atoms with Gasteiger partial charge in [0.05, 0.1) is 5.69 Å². The number of aromatic nitrogens is 1. The molecule has 0 atom stereocenters. The van der Waals surface area contributed by atoms with Crippen LogP contribution in [0.5, 0.6) is 0 Å². The fourth-order valence-electron chi connectivity index (χ4n) is 2.99. The molecule has 2 aromatic carbocycles. The first kappa shape index (κ1) is 17.2. The van der Waals surface area contributed by atoms with Crippen molar-refractivity contribution >= 4 is 34.0 Å². The van der Waals surface area contributed by atoms with E-state index in [-0.39, 0.29) is 18.4 Å². The molecule has 134 valence electrons. The number of thiazole rings is 1. The highest BCUT2D eigenvalue weighted by Gasteiger charge is 2.31. The fourth-order valence-corrected chi connectivity index (χ4v) is 3.73. The molecule has 1 aliphatic heterocycles. The van der Waals surface area contributed by atoms with Gasteiger partial charge < -0.3 is 5.32 Å². The second kappa shape index (κ2) is 6.81. The lowest BCUT2D eigenvalue weighted by molar-refractivity contribution is -0.116. The van der Waals surface area contributed by atoms with E-state index in [1.807, 2.05) is 48.7 Å². The number of hydrogen-bond acceptors (Lipinski definition) is 4. The Morgan fingerprint density at radius 1 is 1.15 bits per heavy atom. The van der Waals surface area contributed by atoms with Crippen LogP contribution in [-0.4, -0.2) is 28.2 Å². The molecule has 1 N–H and O–H groups in total. The van der Waals surface area contributed by atoms with Gasteiger partial charge in [0.15, 0.2) is 5.13 Å². The van der Waals surface area contributed by atoms with Crippen molar-refractivity contribution in [3.63, 3.8) is 0 Å². The summed E-state index contributed by atoms with van der Waals surface area (Å²) < 4.78 is 0. The van der Waals surface area contributed by atoms with Gasteiger partial charge in [-0.3, -0.25) is 14.5 Å². The molecule has 5 nitrogen and oxygen atoms in total. The molecular weight excluding hydrogens is 358 g/mol. The van der Waals surface area contributed by atoms with Gasteiger partial charge in [-0.05, 0) is 13.0 Å². The van der Waals surface area contributed by atoms with Gasteiger partial charge >= 0.3 is 0 Å². The number of nitrogens with zero attached hydrogens (tertiary/aromatic N) is 2. The van der Waals surface area contributed by atoms with Crippen LogP contribution in [0.15, 0.2) is 60.5 Å². The quantitative estimate of drug-likeness (QED) is 0.744. The molecule has 27 heavy (non-hydrogen) atoms. The lowest BCUT2D eigenvalue weighted by Crippen LogP contribution is -2.32. The number of anilines is 1. The second-order valence-electron chi connectivity index (χ2n) is 6.34. The van der Waals surface area contributed by atoms with Gasteiger partial charge in [-0.1, -0.05) is 54.6 Å². The molecule has 0 fully saturated rings. The number of nitrogens with one attached hydrogen (secondary N) is 1. The van der Waals surface area contributed by atoms with Gasteiger partial charge in [-0.2, -0.15) is 0 Å². The number of aryl methyl sites for hydroxylation is 1. The SMILES string of the molecule is C=C1c2ccccc2C(=O)N1CC(=O)Nc1nc(-c2ccc(C)cc2)cs1. The lowest BCUT2D eigenvalue weighted by Gasteiger charge is -2.16. The molecule has 0 aliphatic carbocycles. The van der Waals surface area contributed by atoms with Crippen LogP contribution in [0.4, 0.5) is 5.13 Å². The number of fused-ring (bicyclic) bond motifs is 1. The van der Waals surface area contributed by atoms with E-state index in [9.17, 15) is 9.59 Å². The number of hydrogen-bond donors (Lipinski definition) is 1. The number of rotatable bonds is 4. The summed E-state index contributed by atoms with van der Waals surface area (Å²) in [6.45, 7) is 5.89. The molecule has 0 radical (unpaired) electrons. The van der Waals surface area contributed by atoms with Crippen molar-refractivity contribution in [2.75, 3.05) is 11.9 Å². The average Bonchev–Trinajstić information content (AvgIpc) is 3.22. The maximum atomic E-state index is 12.5. The third kappa shape index (κ3) is 3.27. The van der Waals surface area contributed by atoms with Crippen molar-refractivity contribution in [1.82, 2.24) is 9.88 Å². The highest BCUT2D eigenvalue weighted by Crippen LogP contribution is 2.31. The zero-order valence-electron chi connectivity index (χ0n) is 14.7. The number of carbonyl (C=O) groups excluding carboxylic acids is 2. The topological polar surface area (TPSA) is 62.3 Å². The van der Waals surface area contributed by atoms with E-state index < -0.39 is 0 Å². The van der Waals surface area contributed by atoms with Crippen LogP contribution in [0.2, 0.25) is 0 Å². The summed E-state index contributed by atoms with van der Waals surface area (Å²) >= 11 is 1.35. The van der Waals surface area contributed by atoms with Crippen molar-refractivity contribution in [2.24, 2.45) is 0 Å². The van der Waals surface area contributed by atoms with Crippen molar-refractivity contribution in [1.29, 1.82) is 0 Å². The summed E-state index contributed by atoms with van der Waals surface area (Å²) in [5.74, 6) is -0.507. The summed E-state index contributed by atoms with van der Waals surface area (Å²) in [4.78, 5) is 30.8. The van der Waals surface area contributed by atoms with Gasteiger partial charge in [-0.25, -0.2) is 4.98 Å². The zero-order valence-corrected chi connectivity index (χ0v) is 15.5. The maximum Gasteiger partial charge on any atom is 0.259 e. The predicted molar refractivity (Wildman–Crippen MR) is 107 cm³/mol. The number of amides is 2. The van der Waals surface area contributed by atoms with E-state index in [2.05, 4.69) is 16.9 Å². The van der Waals surface area contributed by atoms with Crippen LogP contribution in [0.3, 0.4) is 0 Å². The van der Waals surface area contributed by atoms with Crippen LogP contribution >= 0.6 is 11.3 Å². The van der Waals surface area contributed by atoms with E-state index in [1.54, 1.807) is 12.1 Å². The first-order valence-electron chi connectivity index (χ1n) is 8.45. The standard InChI is InChI=1S/C21H17N3O2S/c1-13-7-9-15(10-8-13)18-12-27-21(22-18)23-19(25)11-24-14(2)16-5-3-4-6-17(16)20(24)26/h3-10,12H,2,11H2,1H3,(H,22,23,25). The molecule has 0 unspecified atom stereocenters. The Bertz CT molecular complexity index is 1020. The van der Waals surface area contributed by atoms with Crippen molar-refractivity contribution in [3.8, 4) is 11.3 Å². The molecule has 1 aromatic heterocycles. The van der Waals surface area contributed by atoms with Crippen LogP contribution < -0.4 is 5.32 Å². The largest absolute Gasteiger partial charge is 0.300 e. The third-order valence-corrected chi connectivity index (χ3v) is 5.20. The van der Waals surface area contributed by atoms with Gasteiger partial charge in [0.25, 0.3) is 5.91 Å². The van der Waals surface area contributed by atoms with Gasteiger partial charge in [0, 0.05) is 27.8 Å². The number of benzene rings is 2. The second-order valence-corrected chi connectivity index (χ2v) is 7.19. The monoisotopic (exact) mass is 375 g/mol. The Hall–Kier alpha value is -3.25. The normalized spacial score (nSPS) is 13.0. The van der Waals surface area contributed by atoms with Gasteiger partial charge in [0.1, 0.15) is 6.54 Å². The fraction of sp³-hybridized carbons (Fsp3) is 0.0952. The first-order chi connectivity index (χ1) is 13.0. The molecule has 0 spiro atoms. The van der Waals surface area contributed by atoms with Crippen molar-refractivity contribution in [3.05, 3.63) is 77.2 Å². The Morgan fingerprint density at radius 3 is 2.56 bits per heavy atom. The van der Waals surface area contributed by atoms with Crippen molar-refractivity contribution in [2.45, 2.75) is 6.92 Å². The summed E-state index contributed by atoms with van der Waals surface area (Å²) in [5, 5.41) is 5.18. The molecule has 2 amide bonds. The van der Waals surface area contributed by atoms with E-state index in [0.29, 0.717) is 16.4 Å². The Balaban J connectivity index is 1.44. The molecule has 4 rings (SSSR count). The van der Waals surface area contributed by atoms with Crippen molar-refractivity contribution < 1.29 is 9.59 Å². The minimum absolute atomic E-state index is 0.0915. The van der Waals surface area contributed by atoms with Gasteiger partial charge in [-0.15, -0.1) is 11.3 Å². The minimum atomic E-state index is -0.304. The van der Waals surface area contributed by atoms with E-state index in [0.717, 1.165) is 16.8 Å². The molecule has 1 aliphatic rings. The van der Waals surface area contributed by atoms with Crippen LogP contribution in [0, 0.1) is 6.92 Å². The van der Waals surface area contributed by atoms with E-state index in [4.69, 9.17) is 0 Å². The first-order valence-corrected chi connectivity index (χ1v) is 9.33. The van der Waals surface area contributed by atoms with Crippen LogP contribution in [0.1, 0.15) is 21.5 Å². The van der Waals surface area contributed by atoms with E-state index in [1.165, 1.54) is 21.8 Å². The average molecular weight is 375 g/mol. The van der Waals surface area contributed by atoms with Crippen LogP contribution in [0.25, 0.3) is 17.0 Å². The number of carbonyl (C=O) groups is 2. The summed E-state index contributed by atoms with van der Waals surface area (Å²) in [5.41, 5.74) is 4.88. The maximum absolute atomic E-state index is 12.5. The molecule has 0 saturated carbocycles. The summed E-state index contributed by atoms with van der Waals surface area (Å²) in [6.07, 6.45) is 0. The third-order valence-electron chi connectivity index (χ3n) is 4.44. The molecule has 3 aromatic rings. The van der Waals surface area contributed by atoms with Crippen LogP contribution in [-0.2, 0) is 4.79 Å². The highest BCUT2D eigenvalue weighted by molar-refractivity contribution is 7.14. The Labute approximate surface area is 161 Å². The van der Waals surface area contributed by atoms with E-state index >= 15 is 0 Å². The lowest BCUT2D eigenvalue weighted by atomic mass is 10.1. The molecular formula is C21H17N3O2S. The summed E-state index contributed by atoms with van der Waals surface area (Å²) in [6, 6.07) is 15.3. The van der Waals surface area contributed by atoms with Gasteiger partial charge in [0.2, 0.25) is 5.91 Å². The summed E-state index contributed by atoms with van der Waals surface area (Å²) in [7, 11) is 0.